The van der Waals surface area contributed by atoms with Gasteiger partial charge in [-0.2, -0.15) is 0 Å². The maximum atomic E-state index is 10.7. The van der Waals surface area contributed by atoms with E-state index in [0.29, 0.717) is 6.42 Å². The standard InChI is InChI=1S/C12H19N3O2/c1-15(2)9-5-3-8(4-6-9)7-10(13)11(14)12(16)17/h3-6,10-11H,7,13-14H2,1-2H3,(H,16,17). The lowest BCUT2D eigenvalue weighted by Crippen LogP contribution is -2.48. The van der Waals surface area contributed by atoms with E-state index in [-0.39, 0.29) is 0 Å². The van der Waals surface area contributed by atoms with Gasteiger partial charge >= 0.3 is 5.97 Å². The van der Waals surface area contributed by atoms with Gasteiger partial charge < -0.3 is 21.5 Å². The molecule has 0 fully saturated rings. The Morgan fingerprint density at radius 3 is 2.24 bits per heavy atom. The fraction of sp³-hybridized carbons (Fsp3) is 0.417. The van der Waals surface area contributed by atoms with E-state index in [1.807, 2.05) is 43.3 Å². The molecule has 1 rings (SSSR count). The second-order valence-corrected chi connectivity index (χ2v) is 4.29. The average Bonchev–Trinajstić information content (AvgIpc) is 2.28. The number of benzene rings is 1. The molecule has 0 aliphatic rings. The fourth-order valence-electron chi connectivity index (χ4n) is 1.51. The summed E-state index contributed by atoms with van der Waals surface area (Å²) in [4.78, 5) is 12.7. The zero-order valence-corrected chi connectivity index (χ0v) is 10.1. The molecule has 2 unspecified atom stereocenters. The van der Waals surface area contributed by atoms with Crippen LogP contribution >= 0.6 is 0 Å². The number of anilines is 1. The maximum Gasteiger partial charge on any atom is 0.322 e. The van der Waals surface area contributed by atoms with E-state index in [2.05, 4.69) is 0 Å². The molecule has 1 aromatic rings. The third kappa shape index (κ3) is 3.72. The smallest absolute Gasteiger partial charge is 0.322 e. The van der Waals surface area contributed by atoms with Gasteiger partial charge in [0.2, 0.25) is 0 Å². The number of nitrogens with zero attached hydrogens (tertiary/aromatic N) is 1. The molecule has 5 nitrogen and oxygen atoms in total. The maximum absolute atomic E-state index is 10.7. The third-order valence-electron chi connectivity index (χ3n) is 2.67. The van der Waals surface area contributed by atoms with Gasteiger partial charge in [0.1, 0.15) is 6.04 Å². The first kappa shape index (κ1) is 13.5. The van der Waals surface area contributed by atoms with E-state index in [1.54, 1.807) is 0 Å². The van der Waals surface area contributed by atoms with Gasteiger partial charge in [-0.25, -0.2) is 0 Å². The lowest BCUT2D eigenvalue weighted by Gasteiger charge is -2.17. The van der Waals surface area contributed by atoms with Crippen LogP contribution in [-0.2, 0) is 11.2 Å². The van der Waals surface area contributed by atoms with Crippen LogP contribution in [0.2, 0.25) is 0 Å². The minimum atomic E-state index is -1.07. The van der Waals surface area contributed by atoms with E-state index >= 15 is 0 Å². The van der Waals surface area contributed by atoms with Crippen LogP contribution in [0.5, 0.6) is 0 Å². The van der Waals surface area contributed by atoms with Crippen molar-refractivity contribution in [3.8, 4) is 0 Å². The normalized spacial score (nSPS) is 14.1. The topological polar surface area (TPSA) is 92.6 Å². The van der Waals surface area contributed by atoms with Crippen molar-refractivity contribution in [2.24, 2.45) is 11.5 Å². The number of aliphatic carboxylic acids is 1. The molecule has 0 radical (unpaired) electrons. The Morgan fingerprint density at radius 2 is 1.82 bits per heavy atom. The van der Waals surface area contributed by atoms with Crippen molar-refractivity contribution in [2.75, 3.05) is 19.0 Å². The summed E-state index contributed by atoms with van der Waals surface area (Å²) in [5.41, 5.74) is 13.3. The first-order chi connectivity index (χ1) is 7.91. The van der Waals surface area contributed by atoms with E-state index in [0.717, 1.165) is 11.3 Å². The van der Waals surface area contributed by atoms with Crippen LogP contribution in [0.25, 0.3) is 0 Å². The summed E-state index contributed by atoms with van der Waals surface area (Å²) in [7, 11) is 3.92. The molecule has 1 aromatic carbocycles. The largest absolute Gasteiger partial charge is 0.480 e. The molecule has 0 aliphatic heterocycles. The van der Waals surface area contributed by atoms with Crippen LogP contribution in [0, 0.1) is 0 Å². The van der Waals surface area contributed by atoms with Crippen LogP contribution in [0.4, 0.5) is 5.69 Å². The molecule has 17 heavy (non-hydrogen) atoms. The molecule has 0 aromatic heterocycles. The minimum Gasteiger partial charge on any atom is -0.480 e. The highest BCUT2D eigenvalue weighted by Crippen LogP contribution is 2.13. The van der Waals surface area contributed by atoms with Gasteiger partial charge in [-0.05, 0) is 24.1 Å². The van der Waals surface area contributed by atoms with Crippen molar-refractivity contribution in [1.29, 1.82) is 0 Å². The average molecular weight is 237 g/mol. The molecular weight excluding hydrogens is 218 g/mol. The Balaban J connectivity index is 2.66. The Kier molecular flexibility index (Phi) is 4.48. The highest BCUT2D eigenvalue weighted by atomic mass is 16.4. The molecule has 5 heteroatoms. The van der Waals surface area contributed by atoms with Gasteiger partial charge in [0.25, 0.3) is 0 Å². The van der Waals surface area contributed by atoms with Gasteiger partial charge in [-0.15, -0.1) is 0 Å². The van der Waals surface area contributed by atoms with Crippen molar-refractivity contribution in [2.45, 2.75) is 18.5 Å². The van der Waals surface area contributed by atoms with Crippen LogP contribution in [0.1, 0.15) is 5.56 Å². The monoisotopic (exact) mass is 237 g/mol. The number of hydrogen-bond donors (Lipinski definition) is 3. The highest BCUT2D eigenvalue weighted by molar-refractivity contribution is 5.74. The summed E-state index contributed by atoms with van der Waals surface area (Å²) in [6.07, 6.45) is 0.459. The van der Waals surface area contributed by atoms with Crippen molar-refractivity contribution >= 4 is 11.7 Å². The number of carboxylic acid groups (broad SMARTS) is 1. The number of hydrogen-bond acceptors (Lipinski definition) is 4. The van der Waals surface area contributed by atoms with E-state index in [4.69, 9.17) is 16.6 Å². The molecule has 0 heterocycles. The number of carboxylic acids is 1. The van der Waals surface area contributed by atoms with E-state index in [9.17, 15) is 4.79 Å². The zero-order valence-electron chi connectivity index (χ0n) is 10.1. The van der Waals surface area contributed by atoms with Crippen molar-refractivity contribution < 1.29 is 9.90 Å². The number of carbonyl (C=O) groups is 1. The summed E-state index contributed by atoms with van der Waals surface area (Å²) < 4.78 is 0. The number of nitrogens with two attached hydrogens (primary N) is 2. The van der Waals surface area contributed by atoms with Gasteiger partial charge in [0, 0.05) is 25.8 Å². The second kappa shape index (κ2) is 5.65. The Labute approximate surface area is 101 Å². The number of rotatable bonds is 5. The van der Waals surface area contributed by atoms with Crippen LogP contribution < -0.4 is 16.4 Å². The SMILES string of the molecule is CN(C)c1ccc(CC(N)C(N)C(=O)O)cc1. The lowest BCUT2D eigenvalue weighted by molar-refractivity contribution is -0.139. The van der Waals surface area contributed by atoms with E-state index in [1.165, 1.54) is 0 Å². The predicted molar refractivity (Wildman–Crippen MR) is 68.1 cm³/mol. The van der Waals surface area contributed by atoms with Gasteiger partial charge in [-0.1, -0.05) is 12.1 Å². The second-order valence-electron chi connectivity index (χ2n) is 4.29. The van der Waals surface area contributed by atoms with Crippen LogP contribution in [-0.4, -0.2) is 37.3 Å². The molecule has 0 aliphatic carbocycles. The van der Waals surface area contributed by atoms with E-state index < -0.39 is 18.1 Å². The molecular formula is C12H19N3O2. The molecule has 2 atom stereocenters. The first-order valence-electron chi connectivity index (χ1n) is 5.42. The van der Waals surface area contributed by atoms with Gasteiger partial charge in [0.15, 0.2) is 0 Å². The molecule has 0 spiro atoms. The minimum absolute atomic E-state index is 0.459. The molecule has 0 bridgehead atoms. The molecule has 0 saturated carbocycles. The highest BCUT2D eigenvalue weighted by Gasteiger charge is 2.20. The van der Waals surface area contributed by atoms with Crippen molar-refractivity contribution in [1.82, 2.24) is 0 Å². The van der Waals surface area contributed by atoms with Gasteiger partial charge in [0.05, 0.1) is 0 Å². The van der Waals surface area contributed by atoms with Crippen molar-refractivity contribution in [3.05, 3.63) is 29.8 Å². The Morgan fingerprint density at radius 1 is 1.29 bits per heavy atom. The fourth-order valence-corrected chi connectivity index (χ4v) is 1.51. The Bertz CT molecular complexity index is 376. The summed E-state index contributed by atoms with van der Waals surface area (Å²) >= 11 is 0. The third-order valence-corrected chi connectivity index (χ3v) is 2.67. The Hall–Kier alpha value is -1.59. The van der Waals surface area contributed by atoms with Gasteiger partial charge in [-0.3, -0.25) is 4.79 Å². The summed E-state index contributed by atoms with van der Waals surface area (Å²) in [6, 6.07) is 6.21. The van der Waals surface area contributed by atoms with Crippen LogP contribution in [0.3, 0.4) is 0 Å². The first-order valence-corrected chi connectivity index (χ1v) is 5.42. The lowest BCUT2D eigenvalue weighted by atomic mass is 10.0. The summed E-state index contributed by atoms with van der Waals surface area (Å²) in [6.45, 7) is 0. The van der Waals surface area contributed by atoms with Crippen LogP contribution in [0.15, 0.2) is 24.3 Å². The molecule has 94 valence electrons. The zero-order chi connectivity index (χ0) is 13.0. The molecule has 0 amide bonds. The summed E-state index contributed by atoms with van der Waals surface area (Å²) in [5.74, 6) is -1.07. The quantitative estimate of drug-likeness (QED) is 0.672. The summed E-state index contributed by atoms with van der Waals surface area (Å²) in [5, 5.41) is 8.74. The van der Waals surface area contributed by atoms with Crippen molar-refractivity contribution in [3.63, 3.8) is 0 Å². The predicted octanol–water partition coefficient (Wildman–Crippen LogP) is 0.0343. The molecule has 5 N–H and O–H groups in total. The molecule has 0 saturated heterocycles.